The fourth-order valence-electron chi connectivity index (χ4n) is 3.22. The highest BCUT2D eigenvalue weighted by Gasteiger charge is 2.35. The molecule has 0 spiro atoms. The number of carbonyl (C=O) groups is 1. The van der Waals surface area contributed by atoms with Gasteiger partial charge in [0.05, 0.1) is 11.8 Å². The molecule has 1 aromatic heterocycles. The highest BCUT2D eigenvalue weighted by atomic mass is 32.2. The van der Waals surface area contributed by atoms with Crippen molar-refractivity contribution in [3.63, 3.8) is 0 Å². The molecule has 2 aliphatic rings. The number of fused-ring (bicyclic) bond motifs is 1. The maximum absolute atomic E-state index is 12.2. The van der Waals surface area contributed by atoms with Crippen molar-refractivity contribution in [1.82, 2.24) is 15.5 Å². The molecule has 1 N–H and O–H groups in total. The van der Waals surface area contributed by atoms with E-state index in [9.17, 15) is 10.1 Å². The molecule has 1 fully saturated rings. The van der Waals surface area contributed by atoms with Crippen molar-refractivity contribution < 1.29 is 18.7 Å². The number of rotatable bonds is 5. The van der Waals surface area contributed by atoms with Gasteiger partial charge >= 0.3 is 0 Å². The quantitative estimate of drug-likeness (QED) is 0.781. The van der Waals surface area contributed by atoms with Crippen LogP contribution in [0.15, 0.2) is 33.9 Å². The van der Waals surface area contributed by atoms with Gasteiger partial charge in [0.2, 0.25) is 12.0 Å². The number of benzene rings is 1. The molecule has 1 aromatic carbocycles. The lowest BCUT2D eigenvalue weighted by Gasteiger charge is -2.23. The summed E-state index contributed by atoms with van der Waals surface area (Å²) in [5.41, 5.74) is -0.724. The van der Waals surface area contributed by atoms with Crippen molar-refractivity contribution in [3.05, 3.63) is 30.2 Å². The summed E-state index contributed by atoms with van der Waals surface area (Å²) in [5.74, 6) is 1.50. The van der Waals surface area contributed by atoms with E-state index in [2.05, 4.69) is 21.6 Å². The van der Waals surface area contributed by atoms with Crippen LogP contribution in [0.4, 0.5) is 0 Å². The van der Waals surface area contributed by atoms with Gasteiger partial charge in [-0.1, -0.05) is 23.9 Å². The van der Waals surface area contributed by atoms with E-state index >= 15 is 0 Å². The van der Waals surface area contributed by atoms with Gasteiger partial charge in [-0.15, -0.1) is 10.2 Å². The SMILES string of the molecule is N#CC1(NC(=O)CSc2nnc([C@H]3COc4ccccc4O3)o2)CCCC1. The summed E-state index contributed by atoms with van der Waals surface area (Å²) in [4.78, 5) is 12.2. The van der Waals surface area contributed by atoms with Crippen molar-refractivity contribution >= 4 is 17.7 Å². The molecule has 27 heavy (non-hydrogen) atoms. The number of thioether (sulfide) groups is 1. The van der Waals surface area contributed by atoms with Crippen LogP contribution in [0.1, 0.15) is 37.7 Å². The molecule has 2 aromatic rings. The molecule has 9 heteroatoms. The molecule has 4 rings (SSSR count). The number of hydrogen-bond acceptors (Lipinski definition) is 8. The maximum atomic E-state index is 12.2. The van der Waals surface area contributed by atoms with Crippen LogP contribution in [-0.4, -0.2) is 34.0 Å². The number of nitriles is 1. The average molecular weight is 386 g/mol. The summed E-state index contributed by atoms with van der Waals surface area (Å²) < 4.78 is 17.1. The molecule has 2 heterocycles. The Morgan fingerprint density at radius 2 is 2.07 bits per heavy atom. The van der Waals surface area contributed by atoms with Crippen molar-refractivity contribution in [2.75, 3.05) is 12.4 Å². The fraction of sp³-hybridized carbons (Fsp3) is 0.444. The van der Waals surface area contributed by atoms with Crippen LogP contribution in [0.2, 0.25) is 0 Å². The first-order valence-electron chi connectivity index (χ1n) is 8.74. The van der Waals surface area contributed by atoms with E-state index in [0.717, 1.165) is 24.6 Å². The second kappa shape index (κ2) is 7.48. The van der Waals surface area contributed by atoms with Crippen LogP contribution in [0.5, 0.6) is 11.5 Å². The van der Waals surface area contributed by atoms with Crippen LogP contribution >= 0.6 is 11.8 Å². The Morgan fingerprint density at radius 1 is 1.30 bits per heavy atom. The molecule has 0 radical (unpaired) electrons. The van der Waals surface area contributed by atoms with Crippen molar-refractivity contribution in [3.8, 4) is 17.6 Å². The number of ether oxygens (including phenoxy) is 2. The Bertz CT molecular complexity index is 872. The average Bonchev–Trinajstić information content (AvgIpc) is 3.36. The number of carbonyl (C=O) groups excluding carboxylic acids is 1. The first kappa shape index (κ1) is 17.7. The van der Waals surface area contributed by atoms with Crippen molar-refractivity contribution in [2.24, 2.45) is 0 Å². The second-order valence-corrected chi connectivity index (χ2v) is 7.43. The number of nitrogens with zero attached hydrogens (tertiary/aromatic N) is 3. The zero-order valence-corrected chi connectivity index (χ0v) is 15.3. The Labute approximate surface area is 160 Å². The molecule has 1 saturated carbocycles. The van der Waals surface area contributed by atoms with Gasteiger partial charge in [-0.25, -0.2) is 0 Å². The van der Waals surface area contributed by atoms with E-state index in [4.69, 9.17) is 13.9 Å². The zero-order chi connectivity index (χ0) is 18.7. The van der Waals surface area contributed by atoms with Gasteiger partial charge in [-0.3, -0.25) is 4.79 Å². The van der Waals surface area contributed by atoms with E-state index in [-0.39, 0.29) is 23.5 Å². The Balaban J connectivity index is 1.32. The van der Waals surface area contributed by atoms with Crippen molar-refractivity contribution in [1.29, 1.82) is 5.26 Å². The third kappa shape index (κ3) is 3.85. The van der Waals surface area contributed by atoms with Crippen LogP contribution < -0.4 is 14.8 Å². The van der Waals surface area contributed by atoms with Crippen molar-refractivity contribution in [2.45, 2.75) is 42.5 Å². The van der Waals surface area contributed by atoms with Gasteiger partial charge < -0.3 is 19.2 Å². The smallest absolute Gasteiger partial charge is 0.277 e. The molecule has 8 nitrogen and oxygen atoms in total. The molecule has 1 atom stereocenters. The van der Waals surface area contributed by atoms with E-state index in [1.165, 1.54) is 0 Å². The molecule has 0 bridgehead atoms. The van der Waals surface area contributed by atoms with Gasteiger partial charge in [0, 0.05) is 0 Å². The lowest BCUT2D eigenvalue weighted by molar-refractivity contribution is -0.119. The molecule has 1 aliphatic carbocycles. The number of amides is 1. The first-order chi connectivity index (χ1) is 13.2. The van der Waals surface area contributed by atoms with Gasteiger partial charge in [-0.2, -0.15) is 5.26 Å². The molecule has 0 saturated heterocycles. The fourth-order valence-corrected chi connectivity index (χ4v) is 3.79. The minimum absolute atomic E-state index is 0.107. The van der Waals surface area contributed by atoms with Crippen LogP contribution in [-0.2, 0) is 4.79 Å². The van der Waals surface area contributed by atoms with Gasteiger partial charge in [0.15, 0.2) is 11.5 Å². The van der Waals surface area contributed by atoms with Crippen LogP contribution in [0.25, 0.3) is 0 Å². The monoisotopic (exact) mass is 386 g/mol. The first-order valence-corrected chi connectivity index (χ1v) is 9.73. The summed E-state index contributed by atoms with van der Waals surface area (Å²) in [6.07, 6.45) is 2.83. The third-order valence-corrected chi connectivity index (χ3v) is 5.40. The zero-order valence-electron chi connectivity index (χ0n) is 14.5. The molecule has 0 unspecified atom stereocenters. The van der Waals surface area contributed by atoms with E-state index in [0.29, 0.717) is 30.2 Å². The summed E-state index contributed by atoms with van der Waals surface area (Å²) in [5, 5.41) is 20.4. The maximum Gasteiger partial charge on any atom is 0.277 e. The standard InChI is InChI=1S/C18H18N4O4S/c19-11-18(7-3-4-8-18)20-15(23)10-27-17-22-21-16(26-17)14-9-24-12-5-1-2-6-13(12)25-14/h1-2,5-6,14H,3-4,7-10H2,(H,20,23)/t14-/m1/s1. The predicted octanol–water partition coefficient (Wildman–Crippen LogP) is 2.63. The topological polar surface area (TPSA) is 110 Å². The lowest BCUT2D eigenvalue weighted by atomic mass is 10.0. The summed E-state index contributed by atoms with van der Waals surface area (Å²) in [6.45, 7) is 0.272. The molecular formula is C18H18N4O4S. The Morgan fingerprint density at radius 3 is 2.85 bits per heavy atom. The van der Waals surface area contributed by atoms with E-state index < -0.39 is 11.6 Å². The normalized spacial score (nSPS) is 20.0. The van der Waals surface area contributed by atoms with Crippen LogP contribution in [0.3, 0.4) is 0 Å². The number of hydrogen-bond donors (Lipinski definition) is 1. The summed E-state index contributed by atoms with van der Waals surface area (Å²) in [6, 6.07) is 9.61. The van der Waals surface area contributed by atoms with Gasteiger partial charge in [0.1, 0.15) is 12.1 Å². The molecule has 140 valence electrons. The highest BCUT2D eigenvalue weighted by molar-refractivity contribution is 7.99. The molecule has 1 aliphatic heterocycles. The van der Waals surface area contributed by atoms with Gasteiger partial charge in [-0.05, 0) is 37.8 Å². The number of para-hydroxylation sites is 2. The minimum atomic E-state index is -0.724. The highest BCUT2D eigenvalue weighted by Crippen LogP contribution is 2.36. The minimum Gasteiger partial charge on any atom is -0.485 e. The van der Waals surface area contributed by atoms with Crippen LogP contribution in [0, 0.1) is 11.3 Å². The lowest BCUT2D eigenvalue weighted by Crippen LogP contribution is -2.45. The van der Waals surface area contributed by atoms with E-state index in [1.807, 2.05) is 24.3 Å². The van der Waals surface area contributed by atoms with E-state index in [1.54, 1.807) is 0 Å². The molecule has 1 amide bonds. The Kier molecular flexibility index (Phi) is 4.90. The third-order valence-electron chi connectivity index (χ3n) is 4.58. The number of aromatic nitrogens is 2. The second-order valence-electron chi connectivity index (χ2n) is 6.51. The summed E-state index contributed by atoms with van der Waals surface area (Å²) >= 11 is 1.13. The van der Waals surface area contributed by atoms with Gasteiger partial charge in [0.25, 0.3) is 11.1 Å². The number of nitrogens with one attached hydrogen (secondary N) is 1. The Hall–Kier alpha value is -2.73. The molecular weight excluding hydrogens is 368 g/mol. The largest absolute Gasteiger partial charge is 0.485 e. The predicted molar refractivity (Wildman–Crippen MR) is 95.3 cm³/mol. The summed E-state index contributed by atoms with van der Waals surface area (Å²) in [7, 11) is 0.